The predicted molar refractivity (Wildman–Crippen MR) is 68.0 cm³/mol. The highest BCUT2D eigenvalue weighted by molar-refractivity contribution is 4.70. The first-order valence-electron chi connectivity index (χ1n) is 6.83. The van der Waals surface area contributed by atoms with Gasteiger partial charge in [-0.25, -0.2) is 0 Å². The Balaban J connectivity index is 3.85. The van der Waals surface area contributed by atoms with E-state index in [1.807, 2.05) is 0 Å². The third kappa shape index (κ3) is 6.94. The number of aliphatic hydroxyl groups is 1. The van der Waals surface area contributed by atoms with Gasteiger partial charge in [0.15, 0.2) is 0 Å². The van der Waals surface area contributed by atoms with Gasteiger partial charge in [0.1, 0.15) is 0 Å². The van der Waals surface area contributed by atoms with Crippen molar-refractivity contribution in [1.29, 1.82) is 0 Å². The van der Waals surface area contributed by atoms with Crippen LogP contribution >= 0.6 is 0 Å². The smallest absolute Gasteiger partial charge is 0.0570 e. The second kappa shape index (κ2) is 9.21. The molecule has 92 valence electrons. The largest absolute Gasteiger partial charge is 0.393 e. The molecule has 0 saturated carbocycles. The Morgan fingerprint density at radius 3 is 2.13 bits per heavy atom. The van der Waals surface area contributed by atoms with E-state index in [9.17, 15) is 5.11 Å². The van der Waals surface area contributed by atoms with Crippen molar-refractivity contribution in [3.8, 4) is 0 Å². The fourth-order valence-electron chi connectivity index (χ4n) is 2.35. The van der Waals surface area contributed by atoms with Crippen molar-refractivity contribution in [2.24, 2.45) is 11.8 Å². The molecule has 0 saturated heterocycles. The molecule has 3 unspecified atom stereocenters. The SMILES string of the molecule is CCCCC(CC)C(O)CC(C)CCC. The third-order valence-electron chi connectivity index (χ3n) is 3.42. The highest BCUT2D eigenvalue weighted by Gasteiger charge is 2.18. The van der Waals surface area contributed by atoms with Crippen molar-refractivity contribution in [3.05, 3.63) is 0 Å². The number of aliphatic hydroxyl groups excluding tert-OH is 1. The molecule has 15 heavy (non-hydrogen) atoms. The Bertz CT molecular complexity index is 133. The maximum Gasteiger partial charge on any atom is 0.0570 e. The third-order valence-corrected chi connectivity index (χ3v) is 3.42. The molecule has 0 aliphatic rings. The van der Waals surface area contributed by atoms with Gasteiger partial charge in [-0.1, -0.05) is 59.8 Å². The molecule has 0 aliphatic carbocycles. The fourth-order valence-corrected chi connectivity index (χ4v) is 2.35. The monoisotopic (exact) mass is 214 g/mol. The van der Waals surface area contributed by atoms with Crippen LogP contribution in [0.2, 0.25) is 0 Å². The first-order chi connectivity index (χ1) is 7.15. The standard InChI is InChI=1S/C14H30O/c1-5-8-10-13(7-3)14(15)11-12(4)9-6-2/h12-15H,5-11H2,1-4H3. The van der Waals surface area contributed by atoms with Crippen molar-refractivity contribution in [2.75, 3.05) is 0 Å². The number of hydrogen-bond donors (Lipinski definition) is 1. The highest BCUT2D eigenvalue weighted by atomic mass is 16.3. The zero-order chi connectivity index (χ0) is 11.7. The van der Waals surface area contributed by atoms with Crippen molar-refractivity contribution in [3.63, 3.8) is 0 Å². The van der Waals surface area contributed by atoms with Crippen LogP contribution in [0, 0.1) is 11.8 Å². The van der Waals surface area contributed by atoms with Crippen LogP contribution in [0.4, 0.5) is 0 Å². The molecule has 0 bridgehead atoms. The van der Waals surface area contributed by atoms with Gasteiger partial charge in [-0.15, -0.1) is 0 Å². The second-order valence-corrected chi connectivity index (χ2v) is 5.01. The molecule has 0 fully saturated rings. The van der Waals surface area contributed by atoms with E-state index >= 15 is 0 Å². The van der Waals surface area contributed by atoms with Gasteiger partial charge in [0, 0.05) is 0 Å². The maximum absolute atomic E-state index is 10.1. The van der Waals surface area contributed by atoms with Crippen LogP contribution in [0.25, 0.3) is 0 Å². The molecule has 1 N–H and O–H groups in total. The zero-order valence-corrected chi connectivity index (χ0v) is 11.1. The lowest BCUT2D eigenvalue weighted by atomic mass is 9.87. The summed E-state index contributed by atoms with van der Waals surface area (Å²) in [6.45, 7) is 8.91. The van der Waals surface area contributed by atoms with Crippen LogP contribution in [0.3, 0.4) is 0 Å². The lowest BCUT2D eigenvalue weighted by Gasteiger charge is -2.24. The van der Waals surface area contributed by atoms with Crippen LogP contribution in [0.15, 0.2) is 0 Å². The Morgan fingerprint density at radius 2 is 1.67 bits per heavy atom. The molecule has 0 radical (unpaired) electrons. The van der Waals surface area contributed by atoms with Crippen molar-refractivity contribution < 1.29 is 5.11 Å². The summed E-state index contributed by atoms with van der Waals surface area (Å²) in [5.74, 6) is 1.21. The minimum absolute atomic E-state index is 0.0666. The summed E-state index contributed by atoms with van der Waals surface area (Å²) in [7, 11) is 0. The molecule has 0 aromatic heterocycles. The van der Waals surface area contributed by atoms with E-state index in [4.69, 9.17) is 0 Å². The molecule has 1 heteroatoms. The van der Waals surface area contributed by atoms with Crippen LogP contribution in [0.5, 0.6) is 0 Å². The zero-order valence-electron chi connectivity index (χ0n) is 11.1. The molecule has 0 heterocycles. The molecule has 0 rings (SSSR count). The quantitative estimate of drug-likeness (QED) is 0.603. The van der Waals surface area contributed by atoms with Crippen molar-refractivity contribution in [1.82, 2.24) is 0 Å². The molecular formula is C14H30O. The van der Waals surface area contributed by atoms with E-state index in [0.29, 0.717) is 11.8 Å². The Hall–Kier alpha value is -0.0400. The summed E-state index contributed by atoms with van der Waals surface area (Å²) in [4.78, 5) is 0. The lowest BCUT2D eigenvalue weighted by Crippen LogP contribution is -2.22. The molecule has 0 aromatic carbocycles. The molecular weight excluding hydrogens is 184 g/mol. The Labute approximate surface area is 96.3 Å². The van der Waals surface area contributed by atoms with Gasteiger partial charge in [0.2, 0.25) is 0 Å². The van der Waals surface area contributed by atoms with E-state index in [2.05, 4.69) is 27.7 Å². The summed E-state index contributed by atoms with van der Waals surface area (Å²) in [6.07, 6.45) is 8.25. The van der Waals surface area contributed by atoms with Gasteiger partial charge < -0.3 is 5.11 Å². The number of rotatable bonds is 9. The van der Waals surface area contributed by atoms with E-state index < -0.39 is 0 Å². The topological polar surface area (TPSA) is 20.2 Å². The van der Waals surface area contributed by atoms with Gasteiger partial charge in [0.05, 0.1) is 6.10 Å². The Morgan fingerprint density at radius 1 is 1.00 bits per heavy atom. The Kier molecular flexibility index (Phi) is 9.18. The minimum atomic E-state index is -0.0666. The molecule has 1 nitrogen and oxygen atoms in total. The van der Waals surface area contributed by atoms with E-state index in [1.165, 1.54) is 32.1 Å². The first kappa shape index (κ1) is 15.0. The molecule has 0 spiro atoms. The summed E-state index contributed by atoms with van der Waals surface area (Å²) in [6, 6.07) is 0. The minimum Gasteiger partial charge on any atom is -0.393 e. The second-order valence-electron chi connectivity index (χ2n) is 5.01. The maximum atomic E-state index is 10.1. The average molecular weight is 214 g/mol. The molecule has 0 aromatic rings. The van der Waals surface area contributed by atoms with Crippen LogP contribution in [-0.2, 0) is 0 Å². The van der Waals surface area contributed by atoms with E-state index in [1.54, 1.807) is 0 Å². The van der Waals surface area contributed by atoms with Gasteiger partial charge >= 0.3 is 0 Å². The van der Waals surface area contributed by atoms with Crippen LogP contribution in [-0.4, -0.2) is 11.2 Å². The molecule has 0 aliphatic heterocycles. The normalized spacial score (nSPS) is 17.4. The van der Waals surface area contributed by atoms with Crippen LogP contribution < -0.4 is 0 Å². The number of unbranched alkanes of at least 4 members (excludes halogenated alkanes) is 1. The summed E-state index contributed by atoms with van der Waals surface area (Å²) in [5.41, 5.74) is 0. The predicted octanol–water partition coefficient (Wildman–Crippen LogP) is 4.39. The van der Waals surface area contributed by atoms with Gasteiger partial charge in [0.25, 0.3) is 0 Å². The van der Waals surface area contributed by atoms with Crippen molar-refractivity contribution >= 4 is 0 Å². The molecule has 3 atom stereocenters. The average Bonchev–Trinajstić information content (AvgIpc) is 2.19. The van der Waals surface area contributed by atoms with Crippen LogP contribution in [0.1, 0.15) is 72.6 Å². The van der Waals surface area contributed by atoms with E-state index in [0.717, 1.165) is 12.8 Å². The number of hydrogen-bond acceptors (Lipinski definition) is 1. The first-order valence-corrected chi connectivity index (χ1v) is 6.83. The summed E-state index contributed by atoms with van der Waals surface area (Å²) >= 11 is 0. The molecule has 0 amide bonds. The fraction of sp³-hybridized carbons (Fsp3) is 1.00. The van der Waals surface area contributed by atoms with Crippen molar-refractivity contribution in [2.45, 2.75) is 78.7 Å². The van der Waals surface area contributed by atoms with Gasteiger partial charge in [-0.05, 0) is 24.7 Å². The van der Waals surface area contributed by atoms with E-state index in [-0.39, 0.29) is 6.10 Å². The van der Waals surface area contributed by atoms with Gasteiger partial charge in [-0.2, -0.15) is 0 Å². The lowest BCUT2D eigenvalue weighted by molar-refractivity contribution is 0.0748. The summed E-state index contributed by atoms with van der Waals surface area (Å²) < 4.78 is 0. The van der Waals surface area contributed by atoms with Gasteiger partial charge in [-0.3, -0.25) is 0 Å². The summed E-state index contributed by atoms with van der Waals surface area (Å²) in [5, 5.41) is 10.1. The highest BCUT2D eigenvalue weighted by Crippen LogP contribution is 2.23.